The van der Waals surface area contributed by atoms with E-state index in [2.05, 4.69) is 15.6 Å². The van der Waals surface area contributed by atoms with Gasteiger partial charge in [-0.2, -0.15) is 0 Å². The fourth-order valence-corrected chi connectivity index (χ4v) is 2.04. The number of hydrogen-bond acceptors (Lipinski definition) is 3. The lowest BCUT2D eigenvalue weighted by Crippen LogP contribution is -2.37. The fourth-order valence-electron chi connectivity index (χ4n) is 2.04. The summed E-state index contributed by atoms with van der Waals surface area (Å²) in [5.74, 6) is -0.131. The van der Waals surface area contributed by atoms with Gasteiger partial charge in [-0.05, 0) is 17.7 Å². The molecule has 6 heteroatoms. The predicted molar refractivity (Wildman–Crippen MR) is 92.5 cm³/mol. The molecule has 0 unspecified atom stereocenters. The van der Waals surface area contributed by atoms with Crippen LogP contribution in [0.5, 0.6) is 0 Å². The largest absolute Gasteiger partial charge is 0.355 e. The fraction of sp³-hybridized carbons (Fsp3) is 0.389. The summed E-state index contributed by atoms with van der Waals surface area (Å²) in [5.41, 5.74) is 1.60. The first kappa shape index (κ1) is 17.7. The van der Waals surface area contributed by atoms with Gasteiger partial charge in [0.25, 0.3) is 0 Å². The van der Waals surface area contributed by atoms with Gasteiger partial charge in [0.1, 0.15) is 0 Å². The number of nitrogens with zero attached hydrogens (tertiary/aromatic N) is 2. The van der Waals surface area contributed by atoms with E-state index in [0.717, 1.165) is 11.3 Å². The van der Waals surface area contributed by atoms with Crippen molar-refractivity contribution in [3.05, 3.63) is 48.5 Å². The number of carbonyl (C=O) groups is 2. The van der Waals surface area contributed by atoms with Crippen LogP contribution in [-0.2, 0) is 16.1 Å². The lowest BCUT2D eigenvalue weighted by molar-refractivity contribution is -0.128. The van der Waals surface area contributed by atoms with Crippen molar-refractivity contribution < 1.29 is 9.59 Å². The van der Waals surface area contributed by atoms with Crippen molar-refractivity contribution in [2.75, 3.05) is 6.54 Å². The molecule has 1 heterocycles. The molecule has 1 aromatic carbocycles. The zero-order valence-electron chi connectivity index (χ0n) is 14.4. The maximum Gasteiger partial charge on any atom is 0.225 e. The van der Waals surface area contributed by atoms with Crippen molar-refractivity contribution in [3.8, 4) is 5.69 Å². The van der Waals surface area contributed by atoms with Gasteiger partial charge in [0.05, 0.1) is 6.33 Å². The van der Waals surface area contributed by atoms with E-state index in [4.69, 9.17) is 0 Å². The highest BCUT2D eigenvalue weighted by Crippen LogP contribution is 2.12. The third kappa shape index (κ3) is 5.22. The minimum Gasteiger partial charge on any atom is -0.355 e. The molecule has 0 saturated heterocycles. The quantitative estimate of drug-likeness (QED) is 0.852. The zero-order valence-corrected chi connectivity index (χ0v) is 14.4. The number of hydrogen-bond donors (Lipinski definition) is 2. The van der Waals surface area contributed by atoms with E-state index in [0.29, 0.717) is 13.1 Å². The first-order chi connectivity index (χ1) is 11.4. The van der Waals surface area contributed by atoms with Crippen LogP contribution < -0.4 is 10.6 Å². The summed E-state index contributed by atoms with van der Waals surface area (Å²) in [6.07, 6.45) is 5.62. The van der Waals surface area contributed by atoms with Crippen LogP contribution in [0.3, 0.4) is 0 Å². The second kappa shape index (κ2) is 7.77. The third-order valence-electron chi connectivity index (χ3n) is 3.55. The Morgan fingerprint density at radius 1 is 1.12 bits per heavy atom. The smallest absolute Gasteiger partial charge is 0.225 e. The van der Waals surface area contributed by atoms with E-state index in [1.807, 2.05) is 55.8 Å². The number of rotatable bonds is 6. The molecular formula is C18H24N4O2. The Bertz CT molecular complexity index is 670. The minimum absolute atomic E-state index is 0.0506. The zero-order chi connectivity index (χ0) is 17.6. The van der Waals surface area contributed by atoms with E-state index in [1.165, 1.54) is 0 Å². The number of imidazole rings is 1. The average molecular weight is 328 g/mol. The van der Waals surface area contributed by atoms with Crippen molar-refractivity contribution in [2.24, 2.45) is 5.41 Å². The molecule has 2 rings (SSSR count). The summed E-state index contributed by atoms with van der Waals surface area (Å²) < 4.78 is 1.92. The Kier molecular flexibility index (Phi) is 5.73. The summed E-state index contributed by atoms with van der Waals surface area (Å²) in [4.78, 5) is 27.5. The molecule has 0 aliphatic heterocycles. The number of nitrogens with one attached hydrogen (secondary N) is 2. The Hall–Kier alpha value is -2.63. The van der Waals surface area contributed by atoms with Crippen LogP contribution in [0.4, 0.5) is 0 Å². The Morgan fingerprint density at radius 3 is 2.42 bits per heavy atom. The topological polar surface area (TPSA) is 76.0 Å². The first-order valence-corrected chi connectivity index (χ1v) is 7.98. The van der Waals surface area contributed by atoms with Gasteiger partial charge < -0.3 is 15.2 Å². The van der Waals surface area contributed by atoms with Crippen LogP contribution in [0, 0.1) is 5.41 Å². The molecule has 0 bridgehead atoms. The van der Waals surface area contributed by atoms with Gasteiger partial charge >= 0.3 is 0 Å². The molecule has 0 aliphatic rings. The summed E-state index contributed by atoms with van der Waals surface area (Å²) in [6, 6.07) is 7.90. The molecule has 0 aliphatic carbocycles. The van der Waals surface area contributed by atoms with Crippen LogP contribution in [0.25, 0.3) is 5.69 Å². The van der Waals surface area contributed by atoms with E-state index in [1.54, 1.807) is 12.5 Å². The predicted octanol–water partition coefficient (Wildman–Crippen LogP) is 2.04. The van der Waals surface area contributed by atoms with Gasteiger partial charge in [-0.25, -0.2) is 4.98 Å². The monoisotopic (exact) mass is 328 g/mol. The van der Waals surface area contributed by atoms with Crippen molar-refractivity contribution in [1.82, 2.24) is 20.2 Å². The van der Waals surface area contributed by atoms with Crippen molar-refractivity contribution in [1.29, 1.82) is 0 Å². The summed E-state index contributed by atoms with van der Waals surface area (Å²) in [6.45, 7) is 6.35. The molecule has 0 radical (unpaired) electrons. The Morgan fingerprint density at radius 2 is 1.83 bits per heavy atom. The standard InChI is InChI=1S/C18H24N4O2/c1-18(2,3)17(24)20-9-8-16(23)21-12-14-4-6-15(7-5-14)22-11-10-19-13-22/h4-7,10-11,13H,8-9,12H2,1-3H3,(H,20,24)(H,21,23). The number of amides is 2. The number of aromatic nitrogens is 2. The SMILES string of the molecule is CC(C)(C)C(=O)NCCC(=O)NCc1ccc(-n2ccnc2)cc1. The highest BCUT2D eigenvalue weighted by atomic mass is 16.2. The van der Waals surface area contributed by atoms with Crippen LogP contribution in [-0.4, -0.2) is 27.9 Å². The van der Waals surface area contributed by atoms with Gasteiger partial charge in [0.2, 0.25) is 11.8 Å². The van der Waals surface area contributed by atoms with Gasteiger partial charge in [-0.15, -0.1) is 0 Å². The maximum absolute atomic E-state index is 11.8. The van der Waals surface area contributed by atoms with E-state index in [-0.39, 0.29) is 18.2 Å². The highest BCUT2D eigenvalue weighted by molar-refractivity contribution is 5.82. The molecule has 6 nitrogen and oxygen atoms in total. The Balaban J connectivity index is 1.73. The van der Waals surface area contributed by atoms with E-state index < -0.39 is 5.41 Å². The molecule has 0 spiro atoms. The van der Waals surface area contributed by atoms with E-state index >= 15 is 0 Å². The van der Waals surface area contributed by atoms with Crippen molar-refractivity contribution in [2.45, 2.75) is 33.7 Å². The average Bonchev–Trinajstić information content (AvgIpc) is 3.07. The summed E-state index contributed by atoms with van der Waals surface area (Å²) in [5, 5.41) is 5.62. The van der Waals surface area contributed by atoms with Crippen molar-refractivity contribution in [3.63, 3.8) is 0 Å². The molecule has 0 fully saturated rings. The van der Waals surface area contributed by atoms with Crippen LogP contribution in [0.15, 0.2) is 43.0 Å². The van der Waals surface area contributed by atoms with Crippen molar-refractivity contribution >= 4 is 11.8 Å². The summed E-state index contributed by atoms with van der Waals surface area (Å²) >= 11 is 0. The Labute approximate surface area is 142 Å². The summed E-state index contributed by atoms with van der Waals surface area (Å²) in [7, 11) is 0. The first-order valence-electron chi connectivity index (χ1n) is 7.98. The van der Waals surface area contributed by atoms with E-state index in [9.17, 15) is 9.59 Å². The second-order valence-corrected chi connectivity index (χ2v) is 6.67. The molecule has 2 N–H and O–H groups in total. The lowest BCUT2D eigenvalue weighted by Gasteiger charge is -2.17. The maximum atomic E-state index is 11.8. The van der Waals surface area contributed by atoms with Crippen LogP contribution in [0.1, 0.15) is 32.8 Å². The molecule has 2 aromatic rings. The molecule has 128 valence electrons. The second-order valence-electron chi connectivity index (χ2n) is 6.67. The van der Waals surface area contributed by atoms with Crippen LogP contribution >= 0.6 is 0 Å². The minimum atomic E-state index is -0.437. The molecule has 0 atom stereocenters. The van der Waals surface area contributed by atoms with Gasteiger partial charge in [-0.1, -0.05) is 32.9 Å². The molecule has 1 aromatic heterocycles. The van der Waals surface area contributed by atoms with Gasteiger partial charge in [0, 0.05) is 43.0 Å². The number of benzene rings is 1. The molecule has 24 heavy (non-hydrogen) atoms. The number of carbonyl (C=O) groups excluding carboxylic acids is 2. The van der Waals surface area contributed by atoms with Gasteiger partial charge in [0.15, 0.2) is 0 Å². The normalized spacial score (nSPS) is 11.1. The molecule has 2 amide bonds. The molecular weight excluding hydrogens is 304 g/mol. The molecule has 0 saturated carbocycles. The van der Waals surface area contributed by atoms with Gasteiger partial charge in [-0.3, -0.25) is 9.59 Å². The third-order valence-corrected chi connectivity index (χ3v) is 3.55. The highest BCUT2D eigenvalue weighted by Gasteiger charge is 2.20. The van der Waals surface area contributed by atoms with Crippen LogP contribution in [0.2, 0.25) is 0 Å². The lowest BCUT2D eigenvalue weighted by atomic mass is 9.96.